The van der Waals surface area contributed by atoms with E-state index in [0.717, 1.165) is 25.7 Å². The molecule has 1 aromatic carbocycles. The predicted molar refractivity (Wildman–Crippen MR) is 133 cm³/mol. The lowest BCUT2D eigenvalue weighted by molar-refractivity contribution is -0.121. The average Bonchev–Trinajstić information content (AvgIpc) is 3.34. The highest BCUT2D eigenvalue weighted by Crippen LogP contribution is 2.26. The molecule has 1 aliphatic rings. The third-order valence-electron chi connectivity index (χ3n) is 6.29. The standard InChI is InChI=1S/C25H29ClFN7O2/c1-3-23(35)30-19-7-4-16(5-8-19)14-34-32-24(31-33-34)18-10-15(2)29-22(12-18)25(36)28-13-17-6-9-21(27)20(26)11-17/h6,9-12,16,19H,3-5,7-8,13-14H2,1-2H3,(H,28,36)(H,30,35). The molecule has 0 saturated heterocycles. The number of carbonyl (C=O) groups is 2. The molecule has 11 heteroatoms. The quantitative estimate of drug-likeness (QED) is 0.473. The van der Waals surface area contributed by atoms with Crippen LogP contribution in [0.1, 0.15) is 60.8 Å². The molecule has 2 heterocycles. The molecule has 4 rings (SSSR count). The molecule has 0 atom stereocenters. The van der Waals surface area contributed by atoms with Crippen molar-refractivity contribution in [3.63, 3.8) is 0 Å². The first kappa shape index (κ1) is 25.7. The Hall–Kier alpha value is -3.40. The lowest BCUT2D eigenvalue weighted by Crippen LogP contribution is -2.37. The van der Waals surface area contributed by atoms with Crippen molar-refractivity contribution in [2.75, 3.05) is 0 Å². The molecule has 1 aliphatic carbocycles. The minimum absolute atomic E-state index is 0.00295. The molecule has 9 nitrogen and oxygen atoms in total. The van der Waals surface area contributed by atoms with Crippen LogP contribution in [0.3, 0.4) is 0 Å². The van der Waals surface area contributed by atoms with Crippen LogP contribution in [-0.4, -0.2) is 43.0 Å². The summed E-state index contributed by atoms with van der Waals surface area (Å²) in [7, 11) is 0. The maximum Gasteiger partial charge on any atom is 0.270 e. The number of tetrazole rings is 1. The van der Waals surface area contributed by atoms with Crippen LogP contribution >= 0.6 is 11.6 Å². The van der Waals surface area contributed by atoms with Gasteiger partial charge in [0.05, 0.1) is 11.6 Å². The number of aryl methyl sites for hydroxylation is 1. The Morgan fingerprint density at radius 2 is 1.94 bits per heavy atom. The zero-order valence-electron chi connectivity index (χ0n) is 20.3. The van der Waals surface area contributed by atoms with E-state index in [9.17, 15) is 14.0 Å². The van der Waals surface area contributed by atoms with Gasteiger partial charge in [0.2, 0.25) is 11.7 Å². The monoisotopic (exact) mass is 513 g/mol. The van der Waals surface area contributed by atoms with E-state index in [0.29, 0.717) is 41.5 Å². The summed E-state index contributed by atoms with van der Waals surface area (Å²) in [6, 6.07) is 7.98. The number of hydrogen-bond donors (Lipinski definition) is 2. The fourth-order valence-corrected chi connectivity index (χ4v) is 4.53. The van der Waals surface area contributed by atoms with Crippen LogP contribution in [0.4, 0.5) is 4.39 Å². The van der Waals surface area contributed by atoms with Crippen molar-refractivity contribution in [1.82, 2.24) is 35.8 Å². The second kappa shape index (κ2) is 11.6. The Morgan fingerprint density at radius 1 is 1.17 bits per heavy atom. The first-order chi connectivity index (χ1) is 17.3. The fourth-order valence-electron chi connectivity index (χ4n) is 4.32. The number of nitrogens with zero attached hydrogens (tertiary/aromatic N) is 5. The molecular weight excluding hydrogens is 485 g/mol. The average molecular weight is 514 g/mol. The summed E-state index contributed by atoms with van der Waals surface area (Å²) in [5.41, 5.74) is 2.19. The van der Waals surface area contributed by atoms with Crippen LogP contribution < -0.4 is 10.6 Å². The number of benzene rings is 1. The highest BCUT2D eigenvalue weighted by atomic mass is 35.5. The Kier molecular flexibility index (Phi) is 8.25. The van der Waals surface area contributed by atoms with Gasteiger partial charge in [0.15, 0.2) is 0 Å². The van der Waals surface area contributed by atoms with E-state index >= 15 is 0 Å². The molecule has 0 spiro atoms. The number of rotatable bonds is 8. The third-order valence-corrected chi connectivity index (χ3v) is 6.58. The van der Waals surface area contributed by atoms with Crippen LogP contribution in [0.2, 0.25) is 5.02 Å². The molecule has 0 unspecified atom stereocenters. The highest BCUT2D eigenvalue weighted by molar-refractivity contribution is 6.30. The Balaban J connectivity index is 1.36. The number of halogens is 2. The molecule has 3 aromatic rings. The molecule has 2 aromatic heterocycles. The van der Waals surface area contributed by atoms with E-state index in [1.54, 1.807) is 29.9 Å². The van der Waals surface area contributed by atoms with Crippen molar-refractivity contribution in [3.8, 4) is 11.4 Å². The van der Waals surface area contributed by atoms with Crippen LogP contribution in [-0.2, 0) is 17.9 Å². The second-order valence-electron chi connectivity index (χ2n) is 9.12. The molecule has 0 aliphatic heterocycles. The van der Waals surface area contributed by atoms with Crippen molar-refractivity contribution < 1.29 is 14.0 Å². The highest BCUT2D eigenvalue weighted by Gasteiger charge is 2.23. The SMILES string of the molecule is CCC(=O)NC1CCC(Cn2nnc(-c3cc(C)nc(C(=O)NCc4ccc(F)c(Cl)c4)c3)n2)CC1. The number of amides is 2. The fraction of sp³-hybridized carbons (Fsp3) is 0.440. The van der Waals surface area contributed by atoms with Gasteiger partial charge in [-0.05, 0) is 73.6 Å². The van der Waals surface area contributed by atoms with Gasteiger partial charge in [-0.3, -0.25) is 9.59 Å². The van der Waals surface area contributed by atoms with Gasteiger partial charge in [-0.15, -0.1) is 10.2 Å². The van der Waals surface area contributed by atoms with Gasteiger partial charge < -0.3 is 10.6 Å². The summed E-state index contributed by atoms with van der Waals surface area (Å²) in [6.45, 7) is 4.49. The lowest BCUT2D eigenvalue weighted by Gasteiger charge is -2.28. The first-order valence-corrected chi connectivity index (χ1v) is 12.5. The van der Waals surface area contributed by atoms with Gasteiger partial charge in [0.1, 0.15) is 11.5 Å². The minimum Gasteiger partial charge on any atom is -0.353 e. The Bertz CT molecular complexity index is 1240. The van der Waals surface area contributed by atoms with Crippen molar-refractivity contribution in [3.05, 3.63) is 58.1 Å². The molecule has 0 radical (unpaired) electrons. The largest absolute Gasteiger partial charge is 0.353 e. The van der Waals surface area contributed by atoms with E-state index in [1.807, 2.05) is 6.92 Å². The molecule has 2 N–H and O–H groups in total. The second-order valence-corrected chi connectivity index (χ2v) is 9.53. The maximum atomic E-state index is 13.4. The van der Waals surface area contributed by atoms with Crippen LogP contribution in [0, 0.1) is 18.7 Å². The first-order valence-electron chi connectivity index (χ1n) is 12.1. The topological polar surface area (TPSA) is 115 Å². The number of pyridine rings is 1. The van der Waals surface area contributed by atoms with Gasteiger partial charge in [0.25, 0.3) is 5.91 Å². The lowest BCUT2D eigenvalue weighted by atomic mass is 9.86. The van der Waals surface area contributed by atoms with Gasteiger partial charge in [-0.25, -0.2) is 9.37 Å². The van der Waals surface area contributed by atoms with Gasteiger partial charge >= 0.3 is 0 Å². The van der Waals surface area contributed by atoms with Crippen molar-refractivity contribution in [2.24, 2.45) is 5.92 Å². The Morgan fingerprint density at radius 3 is 2.67 bits per heavy atom. The zero-order valence-corrected chi connectivity index (χ0v) is 21.1. The maximum absolute atomic E-state index is 13.4. The van der Waals surface area contributed by atoms with E-state index < -0.39 is 5.82 Å². The third kappa shape index (κ3) is 6.63. The summed E-state index contributed by atoms with van der Waals surface area (Å²) < 4.78 is 13.4. The molecule has 2 amide bonds. The summed E-state index contributed by atoms with van der Waals surface area (Å²) in [5.74, 6) is 0.0535. The van der Waals surface area contributed by atoms with E-state index in [-0.39, 0.29) is 35.1 Å². The van der Waals surface area contributed by atoms with E-state index in [1.165, 1.54) is 12.1 Å². The van der Waals surface area contributed by atoms with Gasteiger partial charge in [-0.2, -0.15) is 4.80 Å². The zero-order chi connectivity index (χ0) is 25.7. The molecular formula is C25H29ClFN7O2. The number of aromatic nitrogens is 5. The van der Waals surface area contributed by atoms with Crippen molar-refractivity contribution in [2.45, 2.75) is 65.1 Å². The van der Waals surface area contributed by atoms with Gasteiger partial charge in [0, 0.05) is 30.3 Å². The normalized spacial score (nSPS) is 17.6. The predicted octanol–water partition coefficient (Wildman–Crippen LogP) is 3.85. The molecule has 36 heavy (non-hydrogen) atoms. The summed E-state index contributed by atoms with van der Waals surface area (Å²) in [6.07, 6.45) is 4.38. The van der Waals surface area contributed by atoms with Crippen molar-refractivity contribution in [1.29, 1.82) is 0 Å². The molecule has 0 bridgehead atoms. The van der Waals surface area contributed by atoms with Gasteiger partial charge in [-0.1, -0.05) is 24.6 Å². The molecule has 1 fully saturated rings. The summed E-state index contributed by atoms with van der Waals surface area (Å²) in [4.78, 5) is 30.3. The van der Waals surface area contributed by atoms with Crippen LogP contribution in [0.15, 0.2) is 30.3 Å². The number of nitrogens with one attached hydrogen (secondary N) is 2. The van der Waals surface area contributed by atoms with E-state index in [4.69, 9.17) is 11.6 Å². The van der Waals surface area contributed by atoms with E-state index in [2.05, 4.69) is 31.0 Å². The molecule has 1 saturated carbocycles. The number of hydrogen-bond acceptors (Lipinski definition) is 6. The van der Waals surface area contributed by atoms with Crippen LogP contribution in [0.25, 0.3) is 11.4 Å². The Labute approximate surface area is 213 Å². The summed E-state index contributed by atoms with van der Waals surface area (Å²) >= 11 is 5.81. The van der Waals surface area contributed by atoms with Crippen LogP contribution in [0.5, 0.6) is 0 Å². The van der Waals surface area contributed by atoms with Crippen molar-refractivity contribution >= 4 is 23.4 Å². The molecule has 190 valence electrons. The summed E-state index contributed by atoms with van der Waals surface area (Å²) in [5, 5.41) is 18.8. The number of carbonyl (C=O) groups excluding carboxylic acids is 2. The minimum atomic E-state index is -0.509. The smallest absolute Gasteiger partial charge is 0.270 e.